The van der Waals surface area contributed by atoms with Crippen LogP contribution in [0.5, 0.6) is 0 Å². The van der Waals surface area contributed by atoms with Crippen molar-refractivity contribution in [2.45, 2.75) is 99.3 Å². The van der Waals surface area contributed by atoms with Crippen LogP contribution in [0.4, 0.5) is 0 Å². The number of benzene rings is 1. The topological polar surface area (TPSA) is 51.2 Å². The highest BCUT2D eigenvalue weighted by molar-refractivity contribution is 6.01. The summed E-state index contributed by atoms with van der Waals surface area (Å²) in [6.45, 7) is 12.3. The monoisotopic (exact) mass is 476 g/mol. The molecule has 0 saturated heterocycles. The lowest BCUT2D eigenvalue weighted by Crippen LogP contribution is -2.30. The fourth-order valence-electron chi connectivity index (χ4n) is 6.47. The van der Waals surface area contributed by atoms with Crippen LogP contribution in [0, 0.1) is 30.6 Å². The van der Waals surface area contributed by atoms with Crippen LogP contribution in [0.3, 0.4) is 0 Å². The van der Waals surface area contributed by atoms with Gasteiger partial charge in [-0.2, -0.15) is 0 Å². The minimum absolute atomic E-state index is 0.0361. The van der Waals surface area contributed by atoms with Gasteiger partial charge in [-0.15, -0.1) is 0 Å². The quantitative estimate of drug-likeness (QED) is 0.288. The van der Waals surface area contributed by atoms with Crippen LogP contribution in [0.2, 0.25) is 0 Å². The van der Waals surface area contributed by atoms with Gasteiger partial charge in [0.25, 0.3) is 0 Å². The highest BCUT2D eigenvalue weighted by Gasteiger charge is 2.34. The maximum Gasteiger partial charge on any atom is 0.163 e. The highest BCUT2D eigenvalue weighted by atomic mass is 16.1. The molecule has 0 amide bonds. The predicted octanol–water partition coefficient (Wildman–Crippen LogP) is 7.88. The average Bonchev–Trinajstić information content (AvgIpc) is 3.21. The Hall–Kier alpha value is -2.29. The van der Waals surface area contributed by atoms with E-state index in [9.17, 15) is 14.4 Å². The lowest BCUT2D eigenvalue weighted by molar-refractivity contribution is -0.129. The third kappa shape index (κ3) is 6.68. The molecular weight excluding hydrogens is 432 g/mol. The van der Waals surface area contributed by atoms with Crippen molar-refractivity contribution >= 4 is 22.9 Å². The molecule has 35 heavy (non-hydrogen) atoms. The van der Waals surface area contributed by atoms with Crippen molar-refractivity contribution < 1.29 is 14.4 Å². The van der Waals surface area contributed by atoms with Crippen molar-refractivity contribution in [3.8, 4) is 0 Å². The zero-order valence-corrected chi connectivity index (χ0v) is 22.7. The first-order valence-corrected chi connectivity index (χ1v) is 13.7. The Morgan fingerprint density at radius 1 is 1.09 bits per heavy atom. The standard InChI is InChI=1S/C32H44O3/c1-7-9-25(27(8-2)30(34)15-22(6)33)17-24-18-29-28(13-10-21(5)32(29)31(35)19-24)26-12-11-23(16-26)14-20(3)4/h10-13,20,24-25,27H,7-9,14-19H2,1-6H3. The van der Waals surface area contributed by atoms with Gasteiger partial charge in [0.15, 0.2) is 5.78 Å². The number of carbonyl (C=O) groups excluding carboxylic acids is 3. The van der Waals surface area contributed by atoms with Crippen LogP contribution in [-0.2, 0) is 16.0 Å². The van der Waals surface area contributed by atoms with Crippen molar-refractivity contribution in [2.24, 2.45) is 23.7 Å². The normalized spacial score (nSPS) is 19.3. The molecule has 2 aliphatic rings. The molecule has 3 atom stereocenters. The molecule has 0 aliphatic heterocycles. The van der Waals surface area contributed by atoms with Crippen LogP contribution >= 0.6 is 0 Å². The smallest absolute Gasteiger partial charge is 0.163 e. The Labute approximate surface area is 212 Å². The van der Waals surface area contributed by atoms with E-state index >= 15 is 0 Å². The van der Waals surface area contributed by atoms with Crippen LogP contribution in [0.1, 0.15) is 113 Å². The van der Waals surface area contributed by atoms with E-state index in [4.69, 9.17) is 0 Å². The Morgan fingerprint density at radius 3 is 2.46 bits per heavy atom. The van der Waals surface area contributed by atoms with Gasteiger partial charge < -0.3 is 0 Å². The van der Waals surface area contributed by atoms with Crippen LogP contribution in [0.15, 0.2) is 29.9 Å². The van der Waals surface area contributed by atoms with Gasteiger partial charge in [-0.1, -0.05) is 70.4 Å². The number of Topliss-reactive ketones (excluding diaryl/α,β-unsaturated/α-hetero) is 3. The summed E-state index contributed by atoms with van der Waals surface area (Å²) in [7, 11) is 0. The molecule has 1 aromatic carbocycles. The van der Waals surface area contributed by atoms with Crippen molar-refractivity contribution in [2.75, 3.05) is 0 Å². The third-order valence-electron chi connectivity index (χ3n) is 7.86. The molecule has 0 radical (unpaired) electrons. The average molecular weight is 477 g/mol. The first-order valence-electron chi connectivity index (χ1n) is 13.7. The lowest BCUT2D eigenvalue weighted by atomic mass is 9.71. The molecule has 0 heterocycles. The van der Waals surface area contributed by atoms with Crippen molar-refractivity contribution in [1.82, 2.24) is 0 Å². The molecule has 3 heteroatoms. The molecule has 3 rings (SSSR count). The first kappa shape index (κ1) is 27.3. The number of hydrogen-bond donors (Lipinski definition) is 0. The van der Waals surface area contributed by atoms with E-state index < -0.39 is 0 Å². The fourth-order valence-corrected chi connectivity index (χ4v) is 6.47. The first-order chi connectivity index (χ1) is 16.6. The minimum Gasteiger partial charge on any atom is -0.300 e. The van der Waals surface area contributed by atoms with Gasteiger partial charge in [0.1, 0.15) is 11.6 Å². The summed E-state index contributed by atoms with van der Waals surface area (Å²) in [6, 6.07) is 4.33. The lowest BCUT2D eigenvalue weighted by Gasteiger charge is -2.32. The summed E-state index contributed by atoms with van der Waals surface area (Å²) < 4.78 is 0. The van der Waals surface area contributed by atoms with Gasteiger partial charge in [-0.3, -0.25) is 14.4 Å². The zero-order valence-electron chi connectivity index (χ0n) is 22.7. The minimum atomic E-state index is -0.0901. The van der Waals surface area contributed by atoms with Gasteiger partial charge in [0.2, 0.25) is 0 Å². The summed E-state index contributed by atoms with van der Waals surface area (Å²) in [5.41, 5.74) is 7.28. The number of carbonyl (C=O) groups is 3. The van der Waals surface area contributed by atoms with Crippen LogP contribution < -0.4 is 0 Å². The SMILES string of the molecule is CCCC(CC1CC(=O)c2c(C)ccc(C3=CC=C(CC(C)C)C3)c2C1)C(CC)C(=O)CC(C)=O. The summed E-state index contributed by atoms with van der Waals surface area (Å²) in [5.74, 6) is 1.30. The van der Waals surface area contributed by atoms with Crippen LogP contribution in [0.25, 0.3) is 5.57 Å². The highest BCUT2D eigenvalue weighted by Crippen LogP contribution is 2.41. The van der Waals surface area contributed by atoms with Crippen molar-refractivity contribution in [3.05, 3.63) is 52.1 Å². The van der Waals surface area contributed by atoms with E-state index in [0.717, 1.165) is 56.1 Å². The molecule has 1 aromatic rings. The Bertz CT molecular complexity index is 1020. The summed E-state index contributed by atoms with van der Waals surface area (Å²) in [4.78, 5) is 37.9. The Morgan fingerprint density at radius 2 is 1.83 bits per heavy atom. The zero-order chi connectivity index (χ0) is 25.7. The Kier molecular flexibility index (Phi) is 9.44. The number of ketones is 3. The second-order valence-electron chi connectivity index (χ2n) is 11.4. The maximum absolute atomic E-state index is 13.4. The molecule has 0 fully saturated rings. The van der Waals surface area contributed by atoms with Gasteiger partial charge in [-0.25, -0.2) is 0 Å². The molecule has 3 nitrogen and oxygen atoms in total. The number of hydrogen-bond acceptors (Lipinski definition) is 3. The molecule has 0 spiro atoms. The second kappa shape index (κ2) is 12.1. The largest absolute Gasteiger partial charge is 0.300 e. The molecule has 190 valence electrons. The van der Waals surface area contributed by atoms with Crippen molar-refractivity contribution in [1.29, 1.82) is 0 Å². The molecule has 0 saturated carbocycles. The fraction of sp³-hybridized carbons (Fsp3) is 0.594. The van der Waals surface area contributed by atoms with Crippen molar-refractivity contribution in [3.63, 3.8) is 0 Å². The number of aryl methyl sites for hydroxylation is 1. The van der Waals surface area contributed by atoms with Gasteiger partial charge in [-0.05, 0) is 86.0 Å². The summed E-state index contributed by atoms with van der Waals surface area (Å²) in [5, 5.41) is 0. The Balaban J connectivity index is 1.85. The molecule has 0 bridgehead atoms. The van der Waals surface area contributed by atoms with Gasteiger partial charge in [0.05, 0.1) is 6.42 Å². The molecule has 0 N–H and O–H groups in total. The summed E-state index contributed by atoms with van der Waals surface area (Å²) >= 11 is 0. The van der Waals surface area contributed by atoms with E-state index in [0.29, 0.717) is 12.3 Å². The van der Waals surface area contributed by atoms with E-state index in [1.807, 2.05) is 0 Å². The molecule has 3 unspecified atom stereocenters. The van der Waals surface area contributed by atoms with E-state index in [1.165, 1.54) is 29.2 Å². The molecule has 2 aliphatic carbocycles. The predicted molar refractivity (Wildman–Crippen MR) is 145 cm³/mol. The van der Waals surface area contributed by atoms with E-state index in [1.54, 1.807) is 0 Å². The number of rotatable bonds is 12. The number of allylic oxidation sites excluding steroid dienone is 4. The van der Waals surface area contributed by atoms with E-state index in [2.05, 4.69) is 58.9 Å². The number of fused-ring (bicyclic) bond motifs is 1. The van der Waals surface area contributed by atoms with Crippen LogP contribution in [-0.4, -0.2) is 17.3 Å². The molecule has 0 aromatic heterocycles. The third-order valence-corrected chi connectivity index (χ3v) is 7.86. The van der Waals surface area contributed by atoms with E-state index in [-0.39, 0.29) is 41.5 Å². The molecular formula is C32H44O3. The summed E-state index contributed by atoms with van der Waals surface area (Å²) in [6.07, 6.45) is 11.7. The maximum atomic E-state index is 13.4. The van der Waals surface area contributed by atoms with Gasteiger partial charge in [0, 0.05) is 17.9 Å². The van der Waals surface area contributed by atoms with Gasteiger partial charge >= 0.3 is 0 Å². The second-order valence-corrected chi connectivity index (χ2v) is 11.4.